The van der Waals surface area contributed by atoms with Crippen molar-refractivity contribution in [2.24, 2.45) is 7.05 Å². The number of hydrogen-bond acceptors (Lipinski definition) is 6. The number of methoxy groups -OCH3 is 1. The summed E-state index contributed by atoms with van der Waals surface area (Å²) in [5, 5.41) is 7.88. The molecule has 2 heterocycles. The molecule has 0 spiro atoms. The molecule has 1 aromatic carbocycles. The second-order valence-electron chi connectivity index (χ2n) is 4.35. The molecule has 0 aliphatic carbocycles. The van der Waals surface area contributed by atoms with Gasteiger partial charge in [-0.3, -0.25) is 14.3 Å². The van der Waals surface area contributed by atoms with Gasteiger partial charge in [0.1, 0.15) is 5.75 Å². The Kier molecular flexibility index (Phi) is 2.98. The zero-order chi connectivity index (χ0) is 15.0. The number of nitrogens with one attached hydrogen (secondary N) is 1. The molecule has 21 heavy (non-hydrogen) atoms. The highest BCUT2D eigenvalue weighted by Gasteiger charge is 2.11. The topological polar surface area (TPSA) is 103 Å². The van der Waals surface area contributed by atoms with Crippen LogP contribution in [-0.2, 0) is 7.05 Å². The zero-order valence-corrected chi connectivity index (χ0v) is 11.3. The first-order chi connectivity index (χ1) is 10.1. The van der Waals surface area contributed by atoms with Crippen molar-refractivity contribution in [3.05, 3.63) is 45.1 Å². The second-order valence-corrected chi connectivity index (χ2v) is 4.35. The van der Waals surface area contributed by atoms with Crippen molar-refractivity contribution >= 4 is 11.2 Å². The van der Waals surface area contributed by atoms with Crippen LogP contribution in [0, 0.1) is 0 Å². The molecule has 0 amide bonds. The Morgan fingerprint density at radius 1 is 1.14 bits per heavy atom. The average molecular weight is 285 g/mol. The molecule has 3 rings (SSSR count). The molecular weight excluding hydrogens is 274 g/mol. The van der Waals surface area contributed by atoms with Crippen molar-refractivity contribution in [1.29, 1.82) is 0 Å². The number of aromatic amines is 1. The second kappa shape index (κ2) is 4.82. The number of nitrogens with zero attached hydrogens (tertiary/aromatic N) is 4. The zero-order valence-electron chi connectivity index (χ0n) is 11.3. The molecule has 8 nitrogen and oxygen atoms in total. The lowest BCUT2D eigenvalue weighted by Gasteiger charge is -2.04. The van der Waals surface area contributed by atoms with Crippen molar-refractivity contribution in [1.82, 2.24) is 24.7 Å². The SMILES string of the molecule is COc1ccc(-c2nnc3c(n2)c(=O)[nH]c(=O)n3C)cc1. The highest BCUT2D eigenvalue weighted by Crippen LogP contribution is 2.18. The standard InChI is InChI=1S/C13H11N5O3/c1-18-11-9(12(19)15-13(18)20)14-10(16-17-11)7-3-5-8(21-2)6-4-7/h3-6H,1-2H3,(H,15,19,20). The van der Waals surface area contributed by atoms with Gasteiger partial charge in [-0.25, -0.2) is 9.78 Å². The first-order valence-electron chi connectivity index (χ1n) is 6.08. The van der Waals surface area contributed by atoms with Crippen molar-refractivity contribution < 1.29 is 4.74 Å². The molecule has 0 aliphatic rings. The predicted molar refractivity (Wildman–Crippen MR) is 75.2 cm³/mol. The van der Waals surface area contributed by atoms with Gasteiger partial charge in [0.05, 0.1) is 7.11 Å². The van der Waals surface area contributed by atoms with Crippen LogP contribution in [0.2, 0.25) is 0 Å². The monoisotopic (exact) mass is 285 g/mol. The van der Waals surface area contributed by atoms with E-state index in [1.165, 1.54) is 11.6 Å². The van der Waals surface area contributed by atoms with Crippen LogP contribution in [0.15, 0.2) is 33.9 Å². The molecule has 3 aromatic rings. The van der Waals surface area contributed by atoms with Gasteiger partial charge < -0.3 is 4.74 Å². The van der Waals surface area contributed by atoms with E-state index in [0.717, 1.165) is 0 Å². The molecular formula is C13H11N5O3. The van der Waals surface area contributed by atoms with Gasteiger partial charge in [0.2, 0.25) is 0 Å². The summed E-state index contributed by atoms with van der Waals surface area (Å²) in [7, 11) is 3.06. The van der Waals surface area contributed by atoms with Gasteiger partial charge in [0.25, 0.3) is 5.56 Å². The van der Waals surface area contributed by atoms with Crippen LogP contribution in [0.5, 0.6) is 5.75 Å². The largest absolute Gasteiger partial charge is 0.497 e. The smallest absolute Gasteiger partial charge is 0.329 e. The third kappa shape index (κ3) is 2.16. The van der Waals surface area contributed by atoms with E-state index in [4.69, 9.17) is 4.74 Å². The maximum Gasteiger partial charge on any atom is 0.329 e. The number of aryl methyl sites for hydroxylation is 1. The molecule has 0 atom stereocenters. The van der Waals surface area contributed by atoms with Gasteiger partial charge in [0, 0.05) is 12.6 Å². The Hall–Kier alpha value is -3.03. The third-order valence-electron chi connectivity index (χ3n) is 3.08. The number of fused-ring (bicyclic) bond motifs is 1. The molecule has 0 saturated heterocycles. The molecule has 0 fully saturated rings. The molecule has 0 aliphatic heterocycles. The van der Waals surface area contributed by atoms with E-state index in [1.807, 2.05) is 0 Å². The Labute approximate surface area is 118 Å². The summed E-state index contributed by atoms with van der Waals surface area (Å²) in [6, 6.07) is 7.04. The fourth-order valence-corrected chi connectivity index (χ4v) is 1.90. The summed E-state index contributed by atoms with van der Waals surface area (Å²) in [6.07, 6.45) is 0. The summed E-state index contributed by atoms with van der Waals surface area (Å²) < 4.78 is 6.26. The first kappa shape index (κ1) is 13.0. The van der Waals surface area contributed by atoms with Crippen LogP contribution < -0.4 is 16.0 Å². The van der Waals surface area contributed by atoms with Gasteiger partial charge in [0.15, 0.2) is 17.0 Å². The normalized spacial score (nSPS) is 10.8. The van der Waals surface area contributed by atoms with Crippen LogP contribution in [0.4, 0.5) is 0 Å². The third-order valence-corrected chi connectivity index (χ3v) is 3.08. The van der Waals surface area contributed by atoms with E-state index >= 15 is 0 Å². The molecule has 1 N–H and O–H groups in total. The van der Waals surface area contributed by atoms with Gasteiger partial charge in [-0.15, -0.1) is 10.2 Å². The number of rotatable bonds is 2. The molecule has 0 bridgehead atoms. The molecule has 8 heteroatoms. The quantitative estimate of drug-likeness (QED) is 0.715. The summed E-state index contributed by atoms with van der Waals surface area (Å²) in [5.74, 6) is 1.00. The first-order valence-corrected chi connectivity index (χ1v) is 6.08. The average Bonchev–Trinajstić information content (AvgIpc) is 2.52. The highest BCUT2D eigenvalue weighted by atomic mass is 16.5. The fourth-order valence-electron chi connectivity index (χ4n) is 1.90. The summed E-state index contributed by atoms with van der Waals surface area (Å²) in [6.45, 7) is 0. The number of ether oxygens (including phenoxy) is 1. The van der Waals surface area contributed by atoms with Crippen LogP contribution >= 0.6 is 0 Å². The maximum atomic E-state index is 11.8. The van der Waals surface area contributed by atoms with Crippen molar-refractivity contribution in [2.45, 2.75) is 0 Å². The van der Waals surface area contributed by atoms with Gasteiger partial charge >= 0.3 is 5.69 Å². The molecule has 0 unspecified atom stereocenters. The van der Waals surface area contributed by atoms with E-state index in [1.54, 1.807) is 31.4 Å². The van der Waals surface area contributed by atoms with Gasteiger partial charge in [-0.2, -0.15) is 0 Å². The van der Waals surface area contributed by atoms with Gasteiger partial charge in [-0.05, 0) is 24.3 Å². The van der Waals surface area contributed by atoms with Crippen molar-refractivity contribution in [3.63, 3.8) is 0 Å². The molecule has 2 aromatic heterocycles. The maximum absolute atomic E-state index is 11.8. The molecule has 106 valence electrons. The summed E-state index contributed by atoms with van der Waals surface area (Å²) >= 11 is 0. The van der Waals surface area contributed by atoms with Crippen LogP contribution in [-0.4, -0.2) is 31.8 Å². The fraction of sp³-hybridized carbons (Fsp3) is 0.154. The molecule has 0 saturated carbocycles. The van der Waals surface area contributed by atoms with Crippen molar-refractivity contribution in [2.75, 3.05) is 7.11 Å². The minimum absolute atomic E-state index is 0.0675. The number of hydrogen-bond donors (Lipinski definition) is 1. The van der Waals surface area contributed by atoms with E-state index in [-0.39, 0.29) is 11.2 Å². The highest BCUT2D eigenvalue weighted by molar-refractivity contribution is 5.70. The van der Waals surface area contributed by atoms with Crippen LogP contribution in [0.25, 0.3) is 22.6 Å². The number of H-pyrrole nitrogens is 1. The van der Waals surface area contributed by atoms with Crippen molar-refractivity contribution in [3.8, 4) is 17.1 Å². The van der Waals surface area contributed by atoms with Crippen LogP contribution in [0.3, 0.4) is 0 Å². The summed E-state index contributed by atoms with van der Waals surface area (Å²) in [4.78, 5) is 29.7. The van der Waals surface area contributed by atoms with E-state index < -0.39 is 11.2 Å². The van der Waals surface area contributed by atoms with Gasteiger partial charge in [-0.1, -0.05) is 0 Å². The van der Waals surface area contributed by atoms with E-state index in [2.05, 4.69) is 20.2 Å². The lowest BCUT2D eigenvalue weighted by molar-refractivity contribution is 0.415. The Balaban J connectivity index is 2.21. The summed E-state index contributed by atoms with van der Waals surface area (Å²) in [5.41, 5.74) is -0.240. The lowest BCUT2D eigenvalue weighted by Crippen LogP contribution is -2.29. The van der Waals surface area contributed by atoms with E-state index in [0.29, 0.717) is 17.1 Å². The Morgan fingerprint density at radius 3 is 2.52 bits per heavy atom. The number of aromatic nitrogens is 5. The van der Waals surface area contributed by atoms with Crippen LogP contribution in [0.1, 0.15) is 0 Å². The minimum atomic E-state index is -0.585. The lowest BCUT2D eigenvalue weighted by atomic mass is 10.2. The minimum Gasteiger partial charge on any atom is -0.497 e. The predicted octanol–water partition coefficient (Wildman–Crippen LogP) is 0.0874. The Morgan fingerprint density at radius 2 is 1.86 bits per heavy atom. The Bertz CT molecular complexity index is 927. The molecule has 0 radical (unpaired) electrons. The van der Waals surface area contributed by atoms with E-state index in [9.17, 15) is 9.59 Å². The number of benzene rings is 1.